The second-order valence-corrected chi connectivity index (χ2v) is 8.09. The number of hydrogen-bond donors (Lipinski definition) is 3. The quantitative estimate of drug-likeness (QED) is 0.530. The Bertz CT molecular complexity index is 942. The van der Waals surface area contributed by atoms with E-state index in [-0.39, 0.29) is 17.2 Å². The molecule has 0 saturated heterocycles. The molecule has 7 heteroatoms. The molecule has 0 unspecified atom stereocenters. The molecule has 140 valence electrons. The van der Waals surface area contributed by atoms with Crippen molar-refractivity contribution in [2.75, 3.05) is 10.6 Å². The predicted molar refractivity (Wildman–Crippen MR) is 111 cm³/mol. The summed E-state index contributed by atoms with van der Waals surface area (Å²) < 4.78 is 2.59. The normalized spacial score (nSPS) is 11.3. The molecule has 3 rings (SSSR count). The summed E-state index contributed by atoms with van der Waals surface area (Å²) in [6, 6.07) is 15.5. The number of carbonyl (C=O) groups is 1. The van der Waals surface area contributed by atoms with Crippen LogP contribution in [-0.2, 0) is 5.41 Å². The highest BCUT2D eigenvalue weighted by atomic mass is 79.9. The molecule has 0 radical (unpaired) electrons. The number of nitrogens with one attached hydrogen (secondary N) is 2. The molecule has 0 bridgehead atoms. The van der Waals surface area contributed by atoms with E-state index in [1.807, 2.05) is 30.3 Å². The first-order valence-corrected chi connectivity index (χ1v) is 9.25. The van der Waals surface area contributed by atoms with Crippen LogP contribution in [-0.4, -0.2) is 20.9 Å². The maximum absolute atomic E-state index is 12.4. The summed E-state index contributed by atoms with van der Waals surface area (Å²) in [4.78, 5) is 12.4. The number of halogens is 1. The highest BCUT2D eigenvalue weighted by Crippen LogP contribution is 2.27. The largest absolute Gasteiger partial charge is 0.508 e. The summed E-state index contributed by atoms with van der Waals surface area (Å²) in [5, 5.41) is 19.8. The third-order valence-corrected chi connectivity index (χ3v) is 4.44. The van der Waals surface area contributed by atoms with Crippen molar-refractivity contribution < 1.29 is 9.90 Å². The van der Waals surface area contributed by atoms with Gasteiger partial charge in [0.15, 0.2) is 0 Å². The van der Waals surface area contributed by atoms with Crippen molar-refractivity contribution in [3.8, 4) is 11.4 Å². The fourth-order valence-electron chi connectivity index (χ4n) is 2.44. The van der Waals surface area contributed by atoms with Crippen LogP contribution >= 0.6 is 15.9 Å². The third kappa shape index (κ3) is 4.68. The van der Waals surface area contributed by atoms with E-state index in [0.29, 0.717) is 11.5 Å². The first-order valence-electron chi connectivity index (χ1n) is 8.46. The molecule has 1 heterocycles. The summed E-state index contributed by atoms with van der Waals surface area (Å²) in [5.41, 5.74) is 2.08. The van der Waals surface area contributed by atoms with Gasteiger partial charge in [-0.1, -0.05) is 36.7 Å². The smallest absolute Gasteiger partial charge is 0.324 e. The molecule has 1 aromatic heterocycles. The number of benzene rings is 2. The lowest BCUT2D eigenvalue weighted by Gasteiger charge is -2.14. The van der Waals surface area contributed by atoms with E-state index in [0.717, 1.165) is 15.9 Å². The Balaban J connectivity index is 1.88. The minimum absolute atomic E-state index is 0.171. The molecule has 0 fully saturated rings. The second kappa shape index (κ2) is 7.44. The summed E-state index contributed by atoms with van der Waals surface area (Å²) >= 11 is 3.37. The first kappa shape index (κ1) is 19.0. The van der Waals surface area contributed by atoms with E-state index in [1.54, 1.807) is 28.9 Å². The van der Waals surface area contributed by atoms with E-state index in [9.17, 15) is 9.90 Å². The average molecular weight is 429 g/mol. The lowest BCUT2D eigenvalue weighted by Crippen LogP contribution is -2.21. The van der Waals surface area contributed by atoms with Gasteiger partial charge in [-0.25, -0.2) is 9.48 Å². The molecular weight excluding hydrogens is 408 g/mol. The van der Waals surface area contributed by atoms with Crippen molar-refractivity contribution in [3.63, 3.8) is 0 Å². The van der Waals surface area contributed by atoms with Crippen LogP contribution < -0.4 is 10.6 Å². The van der Waals surface area contributed by atoms with Crippen molar-refractivity contribution in [1.82, 2.24) is 9.78 Å². The first-order chi connectivity index (χ1) is 12.7. The van der Waals surface area contributed by atoms with Crippen LogP contribution in [0.25, 0.3) is 5.69 Å². The summed E-state index contributed by atoms with van der Waals surface area (Å²) in [7, 11) is 0. The van der Waals surface area contributed by atoms with Gasteiger partial charge in [-0.15, -0.1) is 0 Å². The molecule has 6 nitrogen and oxygen atoms in total. The number of carbonyl (C=O) groups excluding carboxylic acids is 1. The molecule has 0 saturated carbocycles. The van der Waals surface area contributed by atoms with Gasteiger partial charge in [0.2, 0.25) is 0 Å². The van der Waals surface area contributed by atoms with Crippen LogP contribution in [0.15, 0.2) is 59.1 Å². The second-order valence-electron chi connectivity index (χ2n) is 7.18. The maximum Gasteiger partial charge on any atom is 0.324 e. The van der Waals surface area contributed by atoms with E-state index in [4.69, 9.17) is 0 Å². The minimum atomic E-state index is -0.363. The SMILES string of the molecule is CC(C)(C)c1cc(NC(=O)Nc2ccc(Br)cc2)n(-c2ccc(O)cc2)n1. The number of nitrogens with zero attached hydrogens (tertiary/aromatic N) is 2. The number of aromatic nitrogens is 2. The van der Waals surface area contributed by atoms with Gasteiger partial charge in [0.05, 0.1) is 11.4 Å². The number of aromatic hydroxyl groups is 1. The molecule has 2 aromatic carbocycles. The topological polar surface area (TPSA) is 79.2 Å². The van der Waals surface area contributed by atoms with E-state index < -0.39 is 0 Å². The number of phenols is 1. The number of hydrogen-bond acceptors (Lipinski definition) is 3. The van der Waals surface area contributed by atoms with Gasteiger partial charge < -0.3 is 10.4 Å². The van der Waals surface area contributed by atoms with Gasteiger partial charge >= 0.3 is 6.03 Å². The molecular formula is C20H21BrN4O2. The number of anilines is 2. The summed E-state index contributed by atoms with van der Waals surface area (Å²) in [6.07, 6.45) is 0. The monoisotopic (exact) mass is 428 g/mol. The Morgan fingerprint density at radius 2 is 1.67 bits per heavy atom. The van der Waals surface area contributed by atoms with Crippen molar-refractivity contribution >= 4 is 33.5 Å². The van der Waals surface area contributed by atoms with Crippen LogP contribution in [0.4, 0.5) is 16.3 Å². The Morgan fingerprint density at radius 1 is 1.04 bits per heavy atom. The van der Waals surface area contributed by atoms with Gasteiger partial charge in [-0.2, -0.15) is 5.10 Å². The van der Waals surface area contributed by atoms with E-state index >= 15 is 0 Å². The molecule has 3 aromatic rings. The van der Waals surface area contributed by atoms with Gasteiger partial charge in [-0.05, 0) is 48.5 Å². The van der Waals surface area contributed by atoms with Crippen molar-refractivity contribution in [2.45, 2.75) is 26.2 Å². The fraction of sp³-hybridized carbons (Fsp3) is 0.200. The Morgan fingerprint density at radius 3 is 2.26 bits per heavy atom. The predicted octanol–water partition coefficient (Wildman–Crippen LogP) is 5.28. The fourth-order valence-corrected chi connectivity index (χ4v) is 2.70. The van der Waals surface area contributed by atoms with Crippen LogP contribution in [0.1, 0.15) is 26.5 Å². The van der Waals surface area contributed by atoms with Crippen LogP contribution in [0.2, 0.25) is 0 Å². The Kier molecular flexibility index (Phi) is 5.23. The van der Waals surface area contributed by atoms with Crippen LogP contribution in [0.5, 0.6) is 5.75 Å². The zero-order chi connectivity index (χ0) is 19.6. The number of urea groups is 1. The maximum atomic E-state index is 12.4. The number of rotatable bonds is 3. The Labute approximate surface area is 166 Å². The number of phenolic OH excluding ortho intramolecular Hbond substituents is 1. The third-order valence-electron chi connectivity index (χ3n) is 3.92. The molecule has 2 amide bonds. The molecule has 0 aliphatic heterocycles. The van der Waals surface area contributed by atoms with Crippen molar-refractivity contribution in [1.29, 1.82) is 0 Å². The summed E-state index contributed by atoms with van der Waals surface area (Å²) in [5.74, 6) is 0.713. The molecule has 0 aliphatic rings. The molecule has 0 atom stereocenters. The average Bonchev–Trinajstić information content (AvgIpc) is 3.02. The van der Waals surface area contributed by atoms with Gasteiger partial charge in [0, 0.05) is 21.6 Å². The van der Waals surface area contributed by atoms with Gasteiger partial charge in [0.1, 0.15) is 11.6 Å². The molecule has 27 heavy (non-hydrogen) atoms. The lowest BCUT2D eigenvalue weighted by atomic mass is 9.92. The Hall–Kier alpha value is -2.80. The molecule has 0 aliphatic carbocycles. The minimum Gasteiger partial charge on any atom is -0.508 e. The van der Waals surface area contributed by atoms with Crippen LogP contribution in [0, 0.1) is 0 Å². The highest BCUT2D eigenvalue weighted by Gasteiger charge is 2.21. The van der Waals surface area contributed by atoms with Gasteiger partial charge in [0.25, 0.3) is 0 Å². The molecule has 0 spiro atoms. The van der Waals surface area contributed by atoms with Gasteiger partial charge in [-0.3, -0.25) is 5.32 Å². The lowest BCUT2D eigenvalue weighted by molar-refractivity contribution is 0.262. The number of amides is 2. The van der Waals surface area contributed by atoms with Crippen molar-refractivity contribution in [2.24, 2.45) is 0 Å². The van der Waals surface area contributed by atoms with E-state index in [2.05, 4.69) is 52.4 Å². The summed E-state index contributed by atoms with van der Waals surface area (Å²) in [6.45, 7) is 6.17. The highest BCUT2D eigenvalue weighted by molar-refractivity contribution is 9.10. The van der Waals surface area contributed by atoms with Crippen molar-refractivity contribution in [3.05, 3.63) is 64.8 Å². The zero-order valence-electron chi connectivity index (χ0n) is 15.3. The molecule has 3 N–H and O–H groups in total. The van der Waals surface area contributed by atoms with E-state index in [1.165, 1.54) is 0 Å². The standard InChI is InChI=1S/C20H21BrN4O2/c1-20(2,3)17-12-18(25(24-17)15-8-10-16(26)11-9-15)23-19(27)22-14-6-4-13(21)5-7-14/h4-12,26H,1-3H3,(H2,22,23,27). The zero-order valence-corrected chi connectivity index (χ0v) is 16.9. The van der Waals surface area contributed by atoms with Crippen LogP contribution in [0.3, 0.4) is 0 Å².